The van der Waals surface area contributed by atoms with Crippen LogP contribution in [0.2, 0.25) is 0 Å². The summed E-state index contributed by atoms with van der Waals surface area (Å²) in [6, 6.07) is 6.10. The van der Waals surface area contributed by atoms with Gasteiger partial charge in [-0.2, -0.15) is 0 Å². The molecule has 3 nitrogen and oxygen atoms in total. The fourth-order valence-corrected chi connectivity index (χ4v) is 3.06. The second-order valence-corrected chi connectivity index (χ2v) is 4.91. The fraction of sp³-hybridized carbons (Fsp3) is 0.214. The van der Waals surface area contributed by atoms with Gasteiger partial charge in [0.25, 0.3) is 0 Å². The average Bonchev–Trinajstić information content (AvgIpc) is 2.87. The molecule has 96 valence electrons. The number of fused-ring (bicyclic) bond motifs is 5. The predicted octanol–water partition coefficient (Wildman–Crippen LogP) is 2.83. The number of anilines is 3. The van der Waals surface area contributed by atoms with E-state index in [2.05, 4.69) is 4.98 Å². The summed E-state index contributed by atoms with van der Waals surface area (Å²) in [7, 11) is 1.93. The Labute approximate surface area is 109 Å². The maximum absolute atomic E-state index is 14.1. The van der Waals surface area contributed by atoms with Gasteiger partial charge >= 0.3 is 0 Å². The van der Waals surface area contributed by atoms with Crippen molar-refractivity contribution in [2.45, 2.75) is 12.6 Å². The van der Waals surface area contributed by atoms with E-state index in [0.29, 0.717) is 17.7 Å². The lowest BCUT2D eigenvalue weighted by molar-refractivity contribution is 0.583. The van der Waals surface area contributed by atoms with Crippen molar-refractivity contribution in [1.82, 2.24) is 4.98 Å². The quantitative estimate of drug-likeness (QED) is 0.725. The molecule has 2 aliphatic rings. The van der Waals surface area contributed by atoms with E-state index in [1.54, 1.807) is 6.20 Å². The molecule has 0 fully saturated rings. The average molecular weight is 259 g/mol. The number of likely N-dealkylation sites (N-methyl/N-ethyl adjacent to an activating group) is 1. The van der Waals surface area contributed by atoms with Crippen LogP contribution in [0.5, 0.6) is 0 Å². The minimum absolute atomic E-state index is 0.0174. The first-order valence-electron chi connectivity index (χ1n) is 6.12. The predicted molar refractivity (Wildman–Crippen MR) is 68.6 cm³/mol. The van der Waals surface area contributed by atoms with Gasteiger partial charge in [-0.25, -0.2) is 13.8 Å². The van der Waals surface area contributed by atoms with E-state index >= 15 is 0 Å². The Morgan fingerprint density at radius 3 is 3.00 bits per heavy atom. The number of hydrogen-bond acceptors (Lipinski definition) is 3. The fourth-order valence-electron chi connectivity index (χ4n) is 3.06. The number of halogens is 2. The van der Waals surface area contributed by atoms with Crippen LogP contribution in [0.1, 0.15) is 5.56 Å². The summed E-state index contributed by atoms with van der Waals surface area (Å²) in [6.45, 7) is 0. The van der Waals surface area contributed by atoms with Crippen molar-refractivity contribution >= 4 is 17.2 Å². The van der Waals surface area contributed by atoms with Crippen LogP contribution in [0.25, 0.3) is 0 Å². The van der Waals surface area contributed by atoms with E-state index in [1.165, 1.54) is 6.07 Å². The molecule has 0 spiro atoms. The molecule has 0 radical (unpaired) electrons. The highest BCUT2D eigenvalue weighted by Gasteiger charge is 2.42. The third kappa shape index (κ3) is 1.27. The minimum atomic E-state index is -0.522. The van der Waals surface area contributed by atoms with Gasteiger partial charge in [-0.1, -0.05) is 0 Å². The van der Waals surface area contributed by atoms with Gasteiger partial charge in [-0.15, -0.1) is 0 Å². The van der Waals surface area contributed by atoms with E-state index in [4.69, 9.17) is 0 Å². The van der Waals surface area contributed by atoms with Gasteiger partial charge in [-0.05, 0) is 23.8 Å². The minimum Gasteiger partial charge on any atom is -0.337 e. The van der Waals surface area contributed by atoms with Crippen LogP contribution in [0.3, 0.4) is 0 Å². The monoisotopic (exact) mass is 259 g/mol. The lowest BCUT2D eigenvalue weighted by Gasteiger charge is -2.23. The zero-order chi connectivity index (χ0) is 13.1. The smallest absolute Gasteiger partial charge is 0.153 e. The van der Waals surface area contributed by atoms with Crippen LogP contribution in [0, 0.1) is 11.6 Å². The molecular formula is C14H11F2N3. The van der Waals surface area contributed by atoms with Crippen molar-refractivity contribution in [3.8, 4) is 0 Å². The van der Waals surface area contributed by atoms with E-state index in [9.17, 15) is 8.78 Å². The summed E-state index contributed by atoms with van der Waals surface area (Å²) in [6.07, 6.45) is 2.30. The number of benzene rings is 1. The van der Waals surface area contributed by atoms with Crippen LogP contribution in [-0.4, -0.2) is 18.2 Å². The molecule has 0 aliphatic carbocycles. The molecule has 1 unspecified atom stereocenters. The summed E-state index contributed by atoms with van der Waals surface area (Å²) in [5.41, 5.74) is 2.06. The van der Waals surface area contributed by atoms with Gasteiger partial charge in [0.1, 0.15) is 17.8 Å². The first-order chi connectivity index (χ1) is 9.16. The number of rotatable bonds is 0. The molecule has 0 saturated carbocycles. The van der Waals surface area contributed by atoms with Crippen LogP contribution in [0.4, 0.5) is 26.0 Å². The summed E-state index contributed by atoms with van der Waals surface area (Å²) in [5.74, 6) is -0.198. The van der Waals surface area contributed by atoms with Crippen LogP contribution >= 0.6 is 0 Å². The topological polar surface area (TPSA) is 19.4 Å². The van der Waals surface area contributed by atoms with Gasteiger partial charge in [0.2, 0.25) is 0 Å². The molecule has 0 N–H and O–H groups in total. The largest absolute Gasteiger partial charge is 0.337 e. The molecule has 2 aromatic rings. The molecular weight excluding hydrogens is 248 g/mol. The Morgan fingerprint density at radius 2 is 2.16 bits per heavy atom. The van der Waals surface area contributed by atoms with Crippen LogP contribution < -0.4 is 9.80 Å². The SMILES string of the molecule is CN1c2ncccc2N2c3c(F)cc(F)cc3CC12. The molecule has 0 amide bonds. The Balaban J connectivity index is 1.96. The van der Waals surface area contributed by atoms with Crippen molar-refractivity contribution in [2.75, 3.05) is 16.8 Å². The van der Waals surface area contributed by atoms with Crippen LogP contribution in [0.15, 0.2) is 30.5 Å². The van der Waals surface area contributed by atoms with Crippen molar-refractivity contribution < 1.29 is 8.78 Å². The van der Waals surface area contributed by atoms with Gasteiger partial charge in [0.15, 0.2) is 5.82 Å². The molecule has 3 heterocycles. The molecule has 1 aromatic heterocycles. The molecule has 0 saturated heterocycles. The maximum Gasteiger partial charge on any atom is 0.153 e. The first-order valence-corrected chi connectivity index (χ1v) is 6.12. The van der Waals surface area contributed by atoms with Crippen molar-refractivity contribution in [3.05, 3.63) is 47.7 Å². The third-order valence-corrected chi connectivity index (χ3v) is 3.86. The lowest BCUT2D eigenvalue weighted by atomic mass is 10.1. The summed E-state index contributed by atoms with van der Waals surface area (Å²) in [5, 5.41) is 0. The first kappa shape index (κ1) is 10.7. The number of pyridine rings is 1. The van der Waals surface area contributed by atoms with Gasteiger partial charge in [-0.3, -0.25) is 0 Å². The Hall–Kier alpha value is -2.17. The van der Waals surface area contributed by atoms with Gasteiger partial charge in [0, 0.05) is 25.7 Å². The highest BCUT2D eigenvalue weighted by atomic mass is 19.1. The second-order valence-electron chi connectivity index (χ2n) is 4.91. The molecule has 1 aromatic carbocycles. The second kappa shape index (κ2) is 3.44. The Morgan fingerprint density at radius 1 is 1.32 bits per heavy atom. The van der Waals surface area contributed by atoms with E-state index in [0.717, 1.165) is 17.6 Å². The van der Waals surface area contributed by atoms with E-state index in [1.807, 2.05) is 29.0 Å². The molecule has 19 heavy (non-hydrogen) atoms. The number of aromatic nitrogens is 1. The number of nitrogens with zero attached hydrogens (tertiary/aromatic N) is 3. The van der Waals surface area contributed by atoms with Crippen molar-refractivity contribution in [2.24, 2.45) is 0 Å². The van der Waals surface area contributed by atoms with Crippen molar-refractivity contribution in [1.29, 1.82) is 0 Å². The summed E-state index contributed by atoms with van der Waals surface area (Å²) >= 11 is 0. The summed E-state index contributed by atoms with van der Waals surface area (Å²) in [4.78, 5) is 8.25. The Bertz CT molecular complexity index is 686. The third-order valence-electron chi connectivity index (χ3n) is 3.86. The highest BCUT2D eigenvalue weighted by molar-refractivity contribution is 5.84. The maximum atomic E-state index is 14.1. The highest BCUT2D eigenvalue weighted by Crippen LogP contribution is 2.49. The van der Waals surface area contributed by atoms with Gasteiger partial charge in [0.05, 0.1) is 11.4 Å². The summed E-state index contributed by atoms with van der Waals surface area (Å²) < 4.78 is 27.4. The molecule has 1 atom stereocenters. The van der Waals surface area contributed by atoms with E-state index < -0.39 is 11.6 Å². The molecule has 5 heteroatoms. The molecule has 2 aliphatic heterocycles. The standard InChI is InChI=1S/C14H11F2N3/c1-18-12-6-8-5-9(15)7-10(16)13(8)19(12)11-3-2-4-17-14(11)18/h2-5,7,12H,6H2,1H3. The molecule has 4 rings (SSSR count). The zero-order valence-electron chi connectivity index (χ0n) is 10.3. The Kier molecular flexibility index (Phi) is 1.94. The normalized spacial score (nSPS) is 19.4. The number of hydrogen-bond donors (Lipinski definition) is 0. The van der Waals surface area contributed by atoms with Gasteiger partial charge < -0.3 is 9.80 Å². The van der Waals surface area contributed by atoms with Crippen molar-refractivity contribution in [3.63, 3.8) is 0 Å². The lowest BCUT2D eigenvalue weighted by Crippen LogP contribution is -2.36. The van der Waals surface area contributed by atoms with E-state index in [-0.39, 0.29) is 6.17 Å². The molecule has 0 bridgehead atoms. The zero-order valence-corrected chi connectivity index (χ0v) is 10.3. The van der Waals surface area contributed by atoms with Crippen LogP contribution in [-0.2, 0) is 6.42 Å².